The molecule has 1 aliphatic rings. The molecule has 3 heteroatoms. The number of hydrogen-bond acceptors (Lipinski definition) is 3. The van der Waals surface area contributed by atoms with Gasteiger partial charge in [0.25, 0.3) is 0 Å². The van der Waals surface area contributed by atoms with E-state index in [-0.39, 0.29) is 0 Å². The Hall–Kier alpha value is -1.87. The van der Waals surface area contributed by atoms with E-state index in [1.54, 1.807) is 11.8 Å². The maximum atomic E-state index is 5.43. The average Bonchev–Trinajstić information content (AvgIpc) is 2.45. The van der Waals surface area contributed by atoms with E-state index in [1.165, 1.54) is 21.0 Å². The zero-order valence-electron chi connectivity index (χ0n) is 11.5. The molecule has 1 aliphatic heterocycles. The van der Waals surface area contributed by atoms with Crippen LogP contribution in [0.25, 0.3) is 0 Å². The van der Waals surface area contributed by atoms with Gasteiger partial charge in [-0.05, 0) is 36.8 Å². The third-order valence-electron chi connectivity index (χ3n) is 3.17. The Bertz CT molecular complexity index is 651. The Morgan fingerprint density at radius 1 is 1.15 bits per heavy atom. The van der Waals surface area contributed by atoms with Gasteiger partial charge in [0.05, 0.1) is 23.7 Å². The molecule has 2 aromatic rings. The Kier molecular flexibility index (Phi) is 3.70. The van der Waals surface area contributed by atoms with Crippen LogP contribution in [0.1, 0.15) is 12.5 Å². The van der Waals surface area contributed by atoms with Crippen LogP contribution in [-0.2, 0) is 11.2 Å². The van der Waals surface area contributed by atoms with Crippen molar-refractivity contribution in [3.63, 3.8) is 0 Å². The molecule has 0 aliphatic carbocycles. The molecule has 0 bridgehead atoms. The zero-order chi connectivity index (χ0) is 13.9. The van der Waals surface area contributed by atoms with E-state index < -0.39 is 0 Å². The Labute approximate surface area is 123 Å². The molecular weight excluding hydrogens is 266 g/mol. The molecule has 0 fully saturated rings. The first kappa shape index (κ1) is 13.1. The molecule has 3 rings (SSSR count). The highest BCUT2D eigenvalue weighted by molar-refractivity contribution is 7.99. The number of fused-ring (bicyclic) bond motifs is 2. The predicted octanol–water partition coefficient (Wildman–Crippen LogP) is 4.99. The minimum atomic E-state index is 0.672. The van der Waals surface area contributed by atoms with E-state index in [1.807, 2.05) is 6.92 Å². The summed E-state index contributed by atoms with van der Waals surface area (Å²) in [5, 5.41) is 3.49. The lowest BCUT2D eigenvalue weighted by Gasteiger charge is -2.21. The van der Waals surface area contributed by atoms with E-state index in [9.17, 15) is 0 Å². The largest absolute Gasteiger partial charge is 0.498 e. The molecule has 1 N–H and O–H groups in total. The van der Waals surface area contributed by atoms with Crippen molar-refractivity contribution in [2.75, 3.05) is 11.9 Å². The summed E-state index contributed by atoms with van der Waals surface area (Å²) < 4.78 is 5.43. The first-order valence-corrected chi connectivity index (χ1v) is 7.55. The van der Waals surface area contributed by atoms with Crippen LogP contribution >= 0.6 is 11.8 Å². The summed E-state index contributed by atoms with van der Waals surface area (Å²) in [4.78, 5) is 2.53. The fraction of sp³-hybridized carbons (Fsp3) is 0.176. The van der Waals surface area contributed by atoms with Crippen molar-refractivity contribution < 1.29 is 4.74 Å². The third-order valence-corrected chi connectivity index (χ3v) is 4.32. The predicted molar refractivity (Wildman–Crippen MR) is 84.8 cm³/mol. The highest BCUT2D eigenvalue weighted by atomic mass is 32.2. The number of nitrogens with one attached hydrogen (secondary N) is 1. The molecule has 0 amide bonds. The lowest BCUT2D eigenvalue weighted by atomic mass is 10.1. The smallest absolute Gasteiger partial charge is 0.0931 e. The van der Waals surface area contributed by atoms with Gasteiger partial charge in [-0.3, -0.25) is 0 Å². The number of anilines is 2. The number of benzene rings is 2. The van der Waals surface area contributed by atoms with Crippen molar-refractivity contribution in [1.29, 1.82) is 0 Å². The van der Waals surface area contributed by atoms with E-state index >= 15 is 0 Å². The molecular formula is C17H17NOS. The molecule has 0 atom stereocenters. The third kappa shape index (κ3) is 2.68. The normalized spacial score (nSPS) is 12.1. The van der Waals surface area contributed by atoms with E-state index in [4.69, 9.17) is 4.74 Å². The number of rotatable bonds is 4. The van der Waals surface area contributed by atoms with Gasteiger partial charge in [-0.25, -0.2) is 0 Å². The highest BCUT2D eigenvalue weighted by Gasteiger charge is 2.15. The molecule has 0 unspecified atom stereocenters. The highest BCUT2D eigenvalue weighted by Crippen LogP contribution is 2.44. The van der Waals surface area contributed by atoms with E-state index in [2.05, 4.69) is 54.4 Å². The second kappa shape index (κ2) is 5.63. The quantitative estimate of drug-likeness (QED) is 0.682. The van der Waals surface area contributed by atoms with Crippen molar-refractivity contribution >= 4 is 23.1 Å². The van der Waals surface area contributed by atoms with Gasteiger partial charge in [-0.1, -0.05) is 36.5 Å². The van der Waals surface area contributed by atoms with Crippen molar-refractivity contribution in [2.45, 2.75) is 23.1 Å². The standard InChI is InChI=1S/C17H17NOS/c1-3-19-12(2)10-13-8-9-17-15(11-13)18-14-6-4-5-7-16(14)20-17/h4-9,11,18H,2-3,10H2,1H3. The monoisotopic (exact) mass is 283 g/mol. The molecule has 1 heterocycles. The van der Waals surface area contributed by atoms with Crippen LogP contribution in [0.3, 0.4) is 0 Å². The van der Waals surface area contributed by atoms with Gasteiger partial charge in [0.1, 0.15) is 0 Å². The average molecular weight is 283 g/mol. The van der Waals surface area contributed by atoms with Gasteiger partial charge in [-0.2, -0.15) is 0 Å². The summed E-state index contributed by atoms with van der Waals surface area (Å²) in [6.45, 7) is 6.59. The maximum absolute atomic E-state index is 5.43. The number of ether oxygens (including phenoxy) is 1. The summed E-state index contributed by atoms with van der Waals surface area (Å²) >= 11 is 1.80. The number of allylic oxidation sites excluding steroid dienone is 1. The Morgan fingerprint density at radius 2 is 1.95 bits per heavy atom. The minimum absolute atomic E-state index is 0.672. The van der Waals surface area contributed by atoms with E-state index in [0.29, 0.717) is 6.61 Å². The summed E-state index contributed by atoms with van der Waals surface area (Å²) in [5.74, 6) is 0.816. The maximum Gasteiger partial charge on any atom is 0.0931 e. The molecule has 0 radical (unpaired) electrons. The number of hydrogen-bond donors (Lipinski definition) is 1. The Morgan fingerprint density at radius 3 is 2.80 bits per heavy atom. The van der Waals surface area contributed by atoms with Crippen LogP contribution in [0, 0.1) is 0 Å². The van der Waals surface area contributed by atoms with Crippen LogP contribution in [0.15, 0.2) is 64.6 Å². The van der Waals surface area contributed by atoms with Crippen molar-refractivity contribution in [3.8, 4) is 0 Å². The van der Waals surface area contributed by atoms with Gasteiger partial charge in [-0.15, -0.1) is 0 Å². The molecule has 0 saturated carbocycles. The molecule has 20 heavy (non-hydrogen) atoms. The van der Waals surface area contributed by atoms with Crippen LogP contribution in [0.5, 0.6) is 0 Å². The fourth-order valence-corrected chi connectivity index (χ4v) is 3.25. The molecule has 0 aromatic heterocycles. The zero-order valence-corrected chi connectivity index (χ0v) is 12.3. The van der Waals surface area contributed by atoms with Crippen LogP contribution in [-0.4, -0.2) is 6.61 Å². The van der Waals surface area contributed by atoms with Gasteiger partial charge in [0, 0.05) is 16.2 Å². The lowest BCUT2D eigenvalue weighted by Crippen LogP contribution is -2.01. The molecule has 2 aromatic carbocycles. The summed E-state index contributed by atoms with van der Waals surface area (Å²) in [6, 6.07) is 14.9. The minimum Gasteiger partial charge on any atom is -0.498 e. The van der Waals surface area contributed by atoms with Crippen LogP contribution in [0.4, 0.5) is 11.4 Å². The molecule has 2 nitrogen and oxygen atoms in total. The number of para-hydroxylation sites is 1. The molecule has 0 spiro atoms. The van der Waals surface area contributed by atoms with Crippen molar-refractivity contribution in [1.82, 2.24) is 0 Å². The fourth-order valence-electron chi connectivity index (χ4n) is 2.28. The van der Waals surface area contributed by atoms with Crippen molar-refractivity contribution in [3.05, 3.63) is 60.4 Å². The van der Waals surface area contributed by atoms with Gasteiger partial charge >= 0.3 is 0 Å². The van der Waals surface area contributed by atoms with Crippen molar-refractivity contribution in [2.24, 2.45) is 0 Å². The van der Waals surface area contributed by atoms with E-state index in [0.717, 1.165) is 17.9 Å². The first-order valence-electron chi connectivity index (χ1n) is 6.73. The SMILES string of the molecule is C=C(Cc1ccc2c(c1)Nc1ccccc1S2)OCC. The first-order chi connectivity index (χ1) is 9.76. The molecule has 0 saturated heterocycles. The van der Waals surface area contributed by atoms with Crippen LogP contribution < -0.4 is 5.32 Å². The molecule has 102 valence electrons. The summed E-state index contributed by atoms with van der Waals surface area (Å²) in [5.41, 5.74) is 3.55. The Balaban J connectivity index is 1.83. The lowest BCUT2D eigenvalue weighted by molar-refractivity contribution is 0.225. The van der Waals surface area contributed by atoms with Crippen LogP contribution in [0.2, 0.25) is 0 Å². The summed E-state index contributed by atoms with van der Waals surface area (Å²) in [6.07, 6.45) is 0.759. The van der Waals surface area contributed by atoms with Gasteiger partial charge in [0.2, 0.25) is 0 Å². The second-order valence-electron chi connectivity index (χ2n) is 4.70. The van der Waals surface area contributed by atoms with Gasteiger partial charge in [0.15, 0.2) is 0 Å². The van der Waals surface area contributed by atoms with Gasteiger partial charge < -0.3 is 10.1 Å². The second-order valence-corrected chi connectivity index (χ2v) is 5.79. The summed E-state index contributed by atoms with van der Waals surface area (Å²) in [7, 11) is 0. The topological polar surface area (TPSA) is 21.3 Å².